The molecule has 6 N–H and O–H groups in total. The summed E-state index contributed by atoms with van der Waals surface area (Å²) in [5.41, 5.74) is 0. The van der Waals surface area contributed by atoms with Gasteiger partial charge in [0, 0.05) is 11.9 Å². The summed E-state index contributed by atoms with van der Waals surface area (Å²) >= 11 is 0. The van der Waals surface area contributed by atoms with Crippen LogP contribution in [0, 0.1) is 0 Å². The quantitative estimate of drug-likeness (QED) is 0.453. The first kappa shape index (κ1) is 36.5. The van der Waals surface area contributed by atoms with Gasteiger partial charge in [0.1, 0.15) is 0 Å². The summed E-state index contributed by atoms with van der Waals surface area (Å²) in [4.78, 5) is 17.8. The summed E-state index contributed by atoms with van der Waals surface area (Å²) < 4.78 is 0. The normalized spacial score (nSPS) is 5.33. The Bertz CT molecular complexity index is 95.7. The molecular formula is C6H16CdO8. The second-order valence-electron chi connectivity index (χ2n) is 1.43. The van der Waals surface area contributed by atoms with Gasteiger partial charge in [-0.2, -0.15) is 0 Å². The molecular weight excluding hydrogens is 312 g/mol. The molecule has 0 saturated carbocycles. The van der Waals surface area contributed by atoms with E-state index < -0.39 is 11.9 Å². The Morgan fingerprint density at radius 3 is 1.00 bits per heavy atom. The van der Waals surface area contributed by atoms with Crippen molar-refractivity contribution >= 4 is 11.9 Å². The number of carbonyl (C=O) groups is 2. The first-order valence-corrected chi connectivity index (χ1v) is 2.95. The monoisotopic (exact) mass is 330 g/mol. The predicted molar refractivity (Wildman–Crippen MR) is 42.8 cm³/mol. The summed E-state index contributed by atoms with van der Waals surface area (Å²) in [5.74, 6) is -2.17. The molecule has 0 heterocycles. The Labute approximate surface area is 107 Å². The molecule has 0 bridgehead atoms. The number of rotatable bonds is 1. The zero-order valence-corrected chi connectivity index (χ0v) is 12.7. The minimum Gasteiger partial charge on any atom is -0.550 e. The third-order valence-electron chi connectivity index (χ3n) is 0.1000. The molecule has 9 heteroatoms. The van der Waals surface area contributed by atoms with Crippen LogP contribution < -0.4 is 10.2 Å². The van der Waals surface area contributed by atoms with E-state index in [2.05, 4.69) is 0 Å². The van der Waals surface area contributed by atoms with E-state index in [1.165, 1.54) is 0 Å². The molecule has 0 radical (unpaired) electrons. The van der Waals surface area contributed by atoms with Crippen LogP contribution in [-0.2, 0) is 36.9 Å². The molecule has 0 aromatic rings. The van der Waals surface area contributed by atoms with Crippen LogP contribution in [0.5, 0.6) is 0 Å². The summed E-state index contributed by atoms with van der Waals surface area (Å²) in [5, 5.41) is 33.0. The Hall–Kier alpha value is -0.298. The second-order valence-corrected chi connectivity index (χ2v) is 1.43. The van der Waals surface area contributed by atoms with Crippen molar-refractivity contribution in [2.75, 3.05) is 13.2 Å². The van der Waals surface area contributed by atoms with Crippen molar-refractivity contribution in [3.05, 3.63) is 0 Å². The maximum atomic E-state index is 8.89. The minimum absolute atomic E-state index is 0. The van der Waals surface area contributed by atoms with E-state index in [9.17, 15) is 0 Å². The standard InChI is InChI=1S/2C2H4O2.C2H6O2.Cd.2H2O/c2*1-2(3)4;3-1-2-4;;;/h2*1H3,(H,3,4);3-4H,1-2H2;;2*1H2/q;;;+2;;/p-2. The number of aliphatic hydroxyl groups excluding tert-OH is 2. The zero-order valence-electron chi connectivity index (χ0n) is 8.65. The molecule has 0 aromatic carbocycles. The third-order valence-corrected chi connectivity index (χ3v) is 0.1000. The summed E-state index contributed by atoms with van der Waals surface area (Å²) in [7, 11) is 0. The van der Waals surface area contributed by atoms with Gasteiger partial charge in [-0.05, 0) is 13.8 Å². The average molecular weight is 329 g/mol. The van der Waals surface area contributed by atoms with E-state index in [1.807, 2.05) is 0 Å². The van der Waals surface area contributed by atoms with Crippen LogP contribution >= 0.6 is 0 Å². The fourth-order valence-electron chi connectivity index (χ4n) is 0. The van der Waals surface area contributed by atoms with Gasteiger partial charge in [0.05, 0.1) is 13.2 Å². The molecule has 0 rings (SSSR count). The molecule has 0 saturated heterocycles. The molecule has 0 atom stereocenters. The van der Waals surface area contributed by atoms with Crippen LogP contribution in [0.4, 0.5) is 0 Å². The first-order valence-electron chi connectivity index (χ1n) is 2.95. The molecule has 0 spiro atoms. The van der Waals surface area contributed by atoms with Gasteiger partial charge in [-0.1, -0.05) is 0 Å². The largest absolute Gasteiger partial charge is 2.00 e. The van der Waals surface area contributed by atoms with E-state index in [1.54, 1.807) is 0 Å². The molecule has 0 amide bonds. The fourth-order valence-corrected chi connectivity index (χ4v) is 0. The van der Waals surface area contributed by atoms with Crippen LogP contribution in [0.2, 0.25) is 0 Å². The van der Waals surface area contributed by atoms with Gasteiger partial charge in [-0.15, -0.1) is 0 Å². The van der Waals surface area contributed by atoms with Crippen molar-refractivity contribution in [3.63, 3.8) is 0 Å². The smallest absolute Gasteiger partial charge is 0.550 e. The van der Waals surface area contributed by atoms with Crippen LogP contribution in [0.3, 0.4) is 0 Å². The SMILES string of the molecule is CC(=O)[O-].CC(=O)[O-].O.O.OCCO.[Cd+2]. The number of aliphatic hydroxyl groups is 2. The van der Waals surface area contributed by atoms with Gasteiger partial charge in [0.15, 0.2) is 0 Å². The Kier molecular flexibility index (Phi) is 90.6. The molecule has 0 fully saturated rings. The van der Waals surface area contributed by atoms with Crippen molar-refractivity contribution in [2.24, 2.45) is 0 Å². The van der Waals surface area contributed by atoms with Gasteiger partial charge < -0.3 is 41.0 Å². The van der Waals surface area contributed by atoms with Gasteiger partial charge in [-0.25, -0.2) is 0 Å². The van der Waals surface area contributed by atoms with Crippen molar-refractivity contribution in [1.29, 1.82) is 0 Å². The molecule has 0 aliphatic rings. The predicted octanol–water partition coefficient (Wildman–Crippen LogP) is -5.17. The summed E-state index contributed by atoms with van der Waals surface area (Å²) in [6.45, 7) is 1.69. The molecule has 8 nitrogen and oxygen atoms in total. The number of hydrogen-bond donors (Lipinski definition) is 2. The van der Waals surface area contributed by atoms with Gasteiger partial charge in [0.2, 0.25) is 0 Å². The maximum absolute atomic E-state index is 8.89. The average Bonchev–Trinajstić information content (AvgIpc) is 1.85. The molecule has 0 aliphatic carbocycles. The van der Waals surface area contributed by atoms with Crippen molar-refractivity contribution in [3.8, 4) is 0 Å². The molecule has 0 unspecified atom stereocenters. The molecule has 0 aromatic heterocycles. The van der Waals surface area contributed by atoms with Crippen molar-refractivity contribution < 1.29 is 68.3 Å². The van der Waals surface area contributed by atoms with Gasteiger partial charge in [0.25, 0.3) is 0 Å². The summed E-state index contributed by atoms with van der Waals surface area (Å²) in [6, 6.07) is 0. The number of hydrogen-bond acceptors (Lipinski definition) is 6. The second kappa shape index (κ2) is 37.3. The number of carboxylic acid groups (broad SMARTS) is 2. The van der Waals surface area contributed by atoms with E-state index in [-0.39, 0.29) is 51.5 Å². The fraction of sp³-hybridized carbons (Fsp3) is 0.667. The van der Waals surface area contributed by atoms with Crippen molar-refractivity contribution in [1.82, 2.24) is 0 Å². The van der Waals surface area contributed by atoms with Crippen LogP contribution in [0.1, 0.15) is 13.8 Å². The third kappa shape index (κ3) is 3810. The van der Waals surface area contributed by atoms with Gasteiger partial charge >= 0.3 is 27.3 Å². The summed E-state index contributed by atoms with van der Waals surface area (Å²) in [6.07, 6.45) is 0. The van der Waals surface area contributed by atoms with Crippen LogP contribution in [-0.4, -0.2) is 46.3 Å². The Morgan fingerprint density at radius 2 is 1.00 bits per heavy atom. The van der Waals surface area contributed by atoms with E-state index in [4.69, 9.17) is 30.0 Å². The van der Waals surface area contributed by atoms with E-state index in [0.29, 0.717) is 0 Å². The topological polar surface area (TPSA) is 184 Å². The number of carbonyl (C=O) groups excluding carboxylic acids is 2. The van der Waals surface area contributed by atoms with E-state index in [0.717, 1.165) is 13.8 Å². The molecule has 90 valence electrons. The number of carboxylic acids is 2. The van der Waals surface area contributed by atoms with Crippen molar-refractivity contribution in [2.45, 2.75) is 13.8 Å². The van der Waals surface area contributed by atoms with Crippen LogP contribution in [0.15, 0.2) is 0 Å². The Morgan fingerprint density at radius 1 is 0.933 bits per heavy atom. The Balaban J connectivity index is -0.0000000184. The van der Waals surface area contributed by atoms with E-state index >= 15 is 0 Å². The number of aliphatic carboxylic acids is 2. The first-order chi connectivity index (χ1) is 5.38. The minimum atomic E-state index is -1.08. The molecule has 15 heavy (non-hydrogen) atoms. The zero-order chi connectivity index (χ0) is 10.6. The molecule has 0 aliphatic heterocycles. The van der Waals surface area contributed by atoms with Gasteiger partial charge in [-0.3, -0.25) is 0 Å². The van der Waals surface area contributed by atoms with Crippen LogP contribution in [0.25, 0.3) is 0 Å². The maximum Gasteiger partial charge on any atom is 2.00 e.